The van der Waals surface area contributed by atoms with Crippen LogP contribution in [0.3, 0.4) is 0 Å². The number of nitrogens with two attached hydrogens (primary N) is 1. The summed E-state index contributed by atoms with van der Waals surface area (Å²) in [7, 11) is 2.88. The highest BCUT2D eigenvalue weighted by Crippen LogP contribution is 2.32. The second-order valence-corrected chi connectivity index (χ2v) is 4.95. The number of amides is 1. The van der Waals surface area contributed by atoms with Gasteiger partial charge < -0.3 is 5.73 Å². The van der Waals surface area contributed by atoms with E-state index in [9.17, 15) is 4.79 Å². The Hall–Kier alpha value is -0.680. The summed E-state index contributed by atoms with van der Waals surface area (Å²) in [6.07, 6.45) is 1.72. The molecule has 13 heavy (non-hydrogen) atoms. The van der Waals surface area contributed by atoms with E-state index in [0.29, 0.717) is 0 Å². The number of carbonyl (C=O) groups is 1. The first-order chi connectivity index (χ1) is 6.20. The van der Waals surface area contributed by atoms with E-state index in [1.54, 1.807) is 13.1 Å². The predicted octanol–water partition coefficient (Wildman–Crippen LogP) is 1.70. The zero-order chi connectivity index (χ0) is 9.68. The van der Waals surface area contributed by atoms with E-state index in [0.717, 1.165) is 5.03 Å². The van der Waals surface area contributed by atoms with E-state index in [1.807, 2.05) is 18.2 Å². The molecule has 0 bridgehead atoms. The third-order valence-electron chi connectivity index (χ3n) is 1.32. The molecule has 0 aliphatic carbocycles. The number of carbonyl (C=O) groups excluding carboxylic acids is 1. The molecule has 1 aromatic rings. The Labute approximate surface area is 84.9 Å². The molecule has 1 aromatic heterocycles. The Morgan fingerprint density at radius 2 is 2.38 bits per heavy atom. The number of hydrogen-bond acceptors (Lipinski definition) is 4. The van der Waals surface area contributed by atoms with Crippen LogP contribution in [0.5, 0.6) is 0 Å². The van der Waals surface area contributed by atoms with Crippen molar-refractivity contribution in [2.24, 2.45) is 5.73 Å². The molecular formula is C8H10N2OS2. The van der Waals surface area contributed by atoms with Crippen molar-refractivity contribution < 1.29 is 4.79 Å². The maximum Gasteiger partial charge on any atom is 0.231 e. The summed E-state index contributed by atoms with van der Waals surface area (Å²) in [6.45, 7) is 1.78. The van der Waals surface area contributed by atoms with Gasteiger partial charge in [-0.15, -0.1) is 0 Å². The van der Waals surface area contributed by atoms with Gasteiger partial charge in [0.25, 0.3) is 0 Å². The van der Waals surface area contributed by atoms with E-state index in [1.165, 1.54) is 21.6 Å². The van der Waals surface area contributed by atoms with Gasteiger partial charge in [-0.3, -0.25) is 4.79 Å². The van der Waals surface area contributed by atoms with Crippen LogP contribution in [0.2, 0.25) is 0 Å². The highest BCUT2D eigenvalue weighted by atomic mass is 33.1. The van der Waals surface area contributed by atoms with Crippen LogP contribution in [0.4, 0.5) is 0 Å². The fourth-order valence-corrected chi connectivity index (χ4v) is 2.45. The Morgan fingerprint density at radius 3 is 2.92 bits per heavy atom. The first-order valence-corrected chi connectivity index (χ1v) is 5.95. The highest BCUT2D eigenvalue weighted by molar-refractivity contribution is 8.77. The third-order valence-corrected chi connectivity index (χ3v) is 4.01. The maximum absolute atomic E-state index is 10.7. The Balaban J connectivity index is 2.39. The zero-order valence-corrected chi connectivity index (χ0v) is 8.77. The van der Waals surface area contributed by atoms with Gasteiger partial charge in [-0.2, -0.15) is 0 Å². The van der Waals surface area contributed by atoms with Gasteiger partial charge in [0.2, 0.25) is 5.91 Å². The Bertz CT molecular complexity index is 279. The fraction of sp³-hybridized carbons (Fsp3) is 0.250. The molecule has 0 aromatic carbocycles. The highest BCUT2D eigenvalue weighted by Gasteiger charge is 2.09. The molecule has 0 saturated carbocycles. The molecule has 0 aliphatic rings. The fourth-order valence-electron chi connectivity index (χ4n) is 0.565. The van der Waals surface area contributed by atoms with Gasteiger partial charge in [-0.1, -0.05) is 16.9 Å². The first-order valence-electron chi connectivity index (χ1n) is 3.74. The van der Waals surface area contributed by atoms with Crippen LogP contribution in [0.15, 0.2) is 29.4 Å². The van der Waals surface area contributed by atoms with Crippen molar-refractivity contribution >= 4 is 27.5 Å². The lowest BCUT2D eigenvalue weighted by atomic mass is 10.5. The molecule has 0 aliphatic heterocycles. The van der Waals surface area contributed by atoms with Gasteiger partial charge in [0.1, 0.15) is 5.03 Å². The SMILES string of the molecule is CC(SSc1ccccn1)C(N)=O. The zero-order valence-electron chi connectivity index (χ0n) is 7.14. The van der Waals surface area contributed by atoms with Crippen LogP contribution in [0.1, 0.15) is 6.92 Å². The number of rotatable bonds is 4. The standard InChI is InChI=1S/C8H10N2OS2/c1-6(8(9)11)12-13-7-4-2-3-5-10-7/h2-6H,1H3,(H2,9,11). The molecule has 70 valence electrons. The summed E-state index contributed by atoms with van der Waals surface area (Å²) in [6, 6.07) is 5.66. The second-order valence-electron chi connectivity index (χ2n) is 2.39. The van der Waals surface area contributed by atoms with Crippen LogP contribution in [-0.2, 0) is 4.79 Å². The molecule has 3 nitrogen and oxygen atoms in total. The molecular weight excluding hydrogens is 204 g/mol. The minimum absolute atomic E-state index is 0.188. The Morgan fingerprint density at radius 1 is 1.62 bits per heavy atom. The average molecular weight is 214 g/mol. The van der Waals surface area contributed by atoms with Gasteiger partial charge in [0.05, 0.1) is 5.25 Å². The molecule has 1 unspecified atom stereocenters. The van der Waals surface area contributed by atoms with E-state index in [-0.39, 0.29) is 11.2 Å². The van der Waals surface area contributed by atoms with E-state index in [2.05, 4.69) is 4.98 Å². The molecule has 0 spiro atoms. The van der Waals surface area contributed by atoms with Crippen LogP contribution < -0.4 is 5.73 Å². The van der Waals surface area contributed by atoms with Crippen LogP contribution in [0, 0.1) is 0 Å². The Kier molecular flexibility index (Phi) is 4.11. The second kappa shape index (κ2) is 5.14. The molecule has 1 atom stereocenters. The minimum atomic E-state index is -0.298. The lowest BCUT2D eigenvalue weighted by Crippen LogP contribution is -2.21. The van der Waals surface area contributed by atoms with Crippen molar-refractivity contribution in [1.29, 1.82) is 0 Å². The van der Waals surface area contributed by atoms with Gasteiger partial charge >= 0.3 is 0 Å². The van der Waals surface area contributed by atoms with Crippen molar-refractivity contribution in [3.05, 3.63) is 24.4 Å². The normalized spacial score (nSPS) is 12.4. The number of primary amides is 1. The summed E-state index contributed by atoms with van der Waals surface area (Å²) < 4.78 is 0. The van der Waals surface area contributed by atoms with Crippen molar-refractivity contribution in [1.82, 2.24) is 4.98 Å². The molecule has 0 saturated heterocycles. The van der Waals surface area contributed by atoms with Crippen molar-refractivity contribution in [3.63, 3.8) is 0 Å². The largest absolute Gasteiger partial charge is 0.369 e. The summed E-state index contributed by atoms with van der Waals surface area (Å²) in [5.41, 5.74) is 5.11. The third kappa shape index (κ3) is 3.69. The quantitative estimate of drug-likeness (QED) is 0.775. The molecule has 0 radical (unpaired) electrons. The minimum Gasteiger partial charge on any atom is -0.369 e. The van der Waals surface area contributed by atoms with Crippen molar-refractivity contribution in [2.75, 3.05) is 0 Å². The number of aromatic nitrogens is 1. The number of pyridine rings is 1. The molecule has 0 fully saturated rings. The van der Waals surface area contributed by atoms with E-state index in [4.69, 9.17) is 5.73 Å². The molecule has 1 heterocycles. The summed E-state index contributed by atoms with van der Waals surface area (Å²) in [5, 5.41) is 0.701. The van der Waals surface area contributed by atoms with Gasteiger partial charge in [0.15, 0.2) is 0 Å². The van der Waals surface area contributed by atoms with Gasteiger partial charge in [-0.05, 0) is 29.9 Å². The molecule has 1 rings (SSSR count). The van der Waals surface area contributed by atoms with E-state index < -0.39 is 0 Å². The van der Waals surface area contributed by atoms with Crippen LogP contribution >= 0.6 is 21.6 Å². The molecule has 5 heteroatoms. The smallest absolute Gasteiger partial charge is 0.231 e. The first kappa shape index (κ1) is 10.4. The molecule has 2 N–H and O–H groups in total. The van der Waals surface area contributed by atoms with Gasteiger partial charge in [-0.25, -0.2) is 4.98 Å². The predicted molar refractivity (Wildman–Crippen MR) is 56.3 cm³/mol. The summed E-state index contributed by atoms with van der Waals surface area (Å²) >= 11 is 0. The van der Waals surface area contributed by atoms with E-state index >= 15 is 0 Å². The monoisotopic (exact) mass is 214 g/mol. The summed E-state index contributed by atoms with van der Waals surface area (Å²) in [5.74, 6) is -0.298. The number of nitrogens with zero attached hydrogens (tertiary/aromatic N) is 1. The molecule has 1 amide bonds. The number of hydrogen-bond donors (Lipinski definition) is 1. The lowest BCUT2D eigenvalue weighted by molar-refractivity contribution is -0.117. The average Bonchev–Trinajstić information content (AvgIpc) is 2.15. The summed E-state index contributed by atoms with van der Waals surface area (Å²) in [4.78, 5) is 14.8. The lowest BCUT2D eigenvalue weighted by Gasteiger charge is -2.04. The van der Waals surface area contributed by atoms with Gasteiger partial charge in [0, 0.05) is 6.20 Å². The maximum atomic E-state index is 10.7. The van der Waals surface area contributed by atoms with Crippen LogP contribution in [-0.4, -0.2) is 16.1 Å². The van der Waals surface area contributed by atoms with Crippen molar-refractivity contribution in [3.8, 4) is 0 Å². The van der Waals surface area contributed by atoms with Crippen LogP contribution in [0.25, 0.3) is 0 Å². The topological polar surface area (TPSA) is 56.0 Å². The van der Waals surface area contributed by atoms with Crippen molar-refractivity contribution in [2.45, 2.75) is 17.2 Å².